The summed E-state index contributed by atoms with van der Waals surface area (Å²) in [5.74, 6) is 0.380. The third kappa shape index (κ3) is 3.46. The quantitative estimate of drug-likeness (QED) is 0.827. The van der Waals surface area contributed by atoms with Gasteiger partial charge in [-0.1, -0.05) is 20.3 Å². The summed E-state index contributed by atoms with van der Waals surface area (Å²) in [5, 5.41) is 3.04. The number of carbonyl (C=O) groups is 1. The fourth-order valence-corrected chi connectivity index (χ4v) is 2.52. The first-order chi connectivity index (χ1) is 9.08. The molecular formula is C15H23N3O. The molecule has 1 saturated carbocycles. The van der Waals surface area contributed by atoms with E-state index in [0.29, 0.717) is 16.8 Å². The first-order valence-corrected chi connectivity index (χ1v) is 7.13. The summed E-state index contributed by atoms with van der Waals surface area (Å²) in [6.45, 7) is 4.98. The Labute approximate surface area is 114 Å². The van der Waals surface area contributed by atoms with Crippen LogP contribution in [0.2, 0.25) is 0 Å². The molecule has 104 valence electrons. The molecule has 1 heterocycles. The van der Waals surface area contributed by atoms with Gasteiger partial charge in [-0.05, 0) is 43.2 Å². The minimum atomic E-state index is -0.0359. The molecule has 0 aromatic carbocycles. The molecule has 0 unspecified atom stereocenters. The molecule has 19 heavy (non-hydrogen) atoms. The molecule has 1 fully saturated rings. The SMILES string of the molecule is CCCC1(CNC(=O)c2cc(N)nc(CC)c2)CC1. The Hall–Kier alpha value is -1.58. The van der Waals surface area contributed by atoms with Crippen molar-refractivity contribution in [3.8, 4) is 0 Å². The number of carbonyl (C=O) groups excluding carboxylic acids is 1. The van der Waals surface area contributed by atoms with E-state index in [2.05, 4.69) is 17.2 Å². The summed E-state index contributed by atoms with van der Waals surface area (Å²) < 4.78 is 0. The normalized spacial score (nSPS) is 16.1. The van der Waals surface area contributed by atoms with Crippen molar-refractivity contribution < 1.29 is 4.79 Å². The van der Waals surface area contributed by atoms with Gasteiger partial charge in [0, 0.05) is 17.8 Å². The van der Waals surface area contributed by atoms with E-state index in [4.69, 9.17) is 5.73 Å². The number of nitrogens with zero attached hydrogens (tertiary/aromatic N) is 1. The van der Waals surface area contributed by atoms with Crippen LogP contribution in [-0.2, 0) is 6.42 Å². The first kappa shape index (κ1) is 13.8. The molecule has 4 nitrogen and oxygen atoms in total. The first-order valence-electron chi connectivity index (χ1n) is 7.13. The largest absolute Gasteiger partial charge is 0.384 e. The summed E-state index contributed by atoms with van der Waals surface area (Å²) in [6, 6.07) is 3.47. The van der Waals surface area contributed by atoms with Crippen LogP contribution < -0.4 is 11.1 Å². The number of aryl methyl sites for hydroxylation is 1. The van der Waals surface area contributed by atoms with Gasteiger partial charge in [-0.3, -0.25) is 4.79 Å². The van der Waals surface area contributed by atoms with Crippen molar-refractivity contribution in [2.24, 2.45) is 5.41 Å². The van der Waals surface area contributed by atoms with Gasteiger partial charge in [0.2, 0.25) is 0 Å². The van der Waals surface area contributed by atoms with Crippen LogP contribution in [0, 0.1) is 5.41 Å². The lowest BCUT2D eigenvalue weighted by molar-refractivity contribution is 0.0943. The Balaban J connectivity index is 1.98. The van der Waals surface area contributed by atoms with Crippen molar-refractivity contribution in [2.75, 3.05) is 12.3 Å². The average molecular weight is 261 g/mol. The maximum absolute atomic E-state index is 12.1. The molecule has 0 spiro atoms. The maximum atomic E-state index is 12.1. The van der Waals surface area contributed by atoms with E-state index in [-0.39, 0.29) is 5.91 Å². The van der Waals surface area contributed by atoms with Crippen molar-refractivity contribution in [1.29, 1.82) is 0 Å². The van der Waals surface area contributed by atoms with Crippen LogP contribution >= 0.6 is 0 Å². The van der Waals surface area contributed by atoms with E-state index in [1.165, 1.54) is 25.7 Å². The smallest absolute Gasteiger partial charge is 0.251 e. The molecule has 1 aliphatic rings. The highest BCUT2D eigenvalue weighted by atomic mass is 16.1. The number of nitrogens with two attached hydrogens (primary N) is 1. The van der Waals surface area contributed by atoms with Gasteiger partial charge in [0.05, 0.1) is 0 Å². The van der Waals surface area contributed by atoms with Gasteiger partial charge in [0.15, 0.2) is 0 Å². The number of pyridine rings is 1. The van der Waals surface area contributed by atoms with Gasteiger partial charge in [-0.25, -0.2) is 4.98 Å². The number of nitrogens with one attached hydrogen (secondary N) is 1. The van der Waals surface area contributed by atoms with Crippen LogP contribution in [0.4, 0.5) is 5.82 Å². The zero-order valence-corrected chi connectivity index (χ0v) is 11.8. The van der Waals surface area contributed by atoms with E-state index in [0.717, 1.165) is 18.7 Å². The average Bonchev–Trinajstić information content (AvgIpc) is 3.16. The topological polar surface area (TPSA) is 68.0 Å². The predicted octanol–water partition coefficient (Wildman–Crippen LogP) is 2.54. The van der Waals surface area contributed by atoms with E-state index >= 15 is 0 Å². The maximum Gasteiger partial charge on any atom is 0.251 e. The second-order valence-electron chi connectivity index (χ2n) is 5.56. The summed E-state index contributed by atoms with van der Waals surface area (Å²) in [7, 11) is 0. The Morgan fingerprint density at radius 3 is 2.74 bits per heavy atom. The number of amides is 1. The van der Waals surface area contributed by atoms with Crippen molar-refractivity contribution in [3.63, 3.8) is 0 Å². The number of nitrogen functional groups attached to an aromatic ring is 1. The molecule has 1 aliphatic carbocycles. The highest BCUT2D eigenvalue weighted by molar-refractivity contribution is 5.94. The van der Waals surface area contributed by atoms with Crippen LogP contribution in [0.3, 0.4) is 0 Å². The molecule has 1 aromatic rings. The Morgan fingerprint density at radius 2 is 2.16 bits per heavy atom. The lowest BCUT2D eigenvalue weighted by Crippen LogP contribution is -2.30. The molecule has 1 amide bonds. The summed E-state index contributed by atoms with van der Waals surface area (Å²) in [4.78, 5) is 16.3. The monoisotopic (exact) mass is 261 g/mol. The van der Waals surface area contributed by atoms with Crippen LogP contribution in [0.1, 0.15) is 55.6 Å². The highest BCUT2D eigenvalue weighted by Gasteiger charge is 2.41. The molecule has 3 N–H and O–H groups in total. The van der Waals surface area contributed by atoms with Gasteiger partial charge >= 0.3 is 0 Å². The third-order valence-electron chi connectivity index (χ3n) is 3.88. The molecule has 0 bridgehead atoms. The van der Waals surface area contributed by atoms with Gasteiger partial charge in [0.25, 0.3) is 5.91 Å². The van der Waals surface area contributed by atoms with Crippen LogP contribution in [0.5, 0.6) is 0 Å². The molecular weight excluding hydrogens is 238 g/mol. The fourth-order valence-electron chi connectivity index (χ4n) is 2.52. The molecule has 0 saturated heterocycles. The van der Waals surface area contributed by atoms with Gasteiger partial charge in [-0.15, -0.1) is 0 Å². The number of rotatable bonds is 6. The number of aromatic nitrogens is 1. The fraction of sp³-hybridized carbons (Fsp3) is 0.600. The van der Waals surface area contributed by atoms with Crippen LogP contribution in [0.15, 0.2) is 12.1 Å². The van der Waals surface area contributed by atoms with E-state index in [1.807, 2.05) is 13.0 Å². The summed E-state index contributed by atoms with van der Waals surface area (Å²) in [5.41, 5.74) is 7.58. The van der Waals surface area contributed by atoms with Crippen molar-refractivity contribution >= 4 is 11.7 Å². The Kier molecular flexibility index (Phi) is 4.08. The van der Waals surface area contributed by atoms with Crippen molar-refractivity contribution in [3.05, 3.63) is 23.4 Å². The van der Waals surface area contributed by atoms with Gasteiger partial charge < -0.3 is 11.1 Å². The van der Waals surface area contributed by atoms with Crippen LogP contribution in [-0.4, -0.2) is 17.4 Å². The number of hydrogen-bond acceptors (Lipinski definition) is 3. The number of anilines is 1. The molecule has 4 heteroatoms. The van der Waals surface area contributed by atoms with E-state index < -0.39 is 0 Å². The number of hydrogen-bond donors (Lipinski definition) is 2. The lowest BCUT2D eigenvalue weighted by Gasteiger charge is -2.15. The van der Waals surface area contributed by atoms with Crippen molar-refractivity contribution in [1.82, 2.24) is 10.3 Å². The van der Waals surface area contributed by atoms with Gasteiger partial charge in [-0.2, -0.15) is 0 Å². The van der Waals surface area contributed by atoms with E-state index in [9.17, 15) is 4.79 Å². The van der Waals surface area contributed by atoms with Gasteiger partial charge in [0.1, 0.15) is 5.82 Å². The standard InChI is InChI=1S/C15H23N3O/c1-3-5-15(6-7-15)10-17-14(19)11-8-12(4-2)18-13(16)9-11/h8-9H,3-7,10H2,1-2H3,(H2,16,18)(H,17,19). The molecule has 1 aromatic heterocycles. The predicted molar refractivity (Wildman–Crippen MR) is 76.9 cm³/mol. The summed E-state index contributed by atoms with van der Waals surface area (Å²) >= 11 is 0. The highest BCUT2D eigenvalue weighted by Crippen LogP contribution is 2.48. The molecule has 2 rings (SSSR count). The van der Waals surface area contributed by atoms with Crippen LogP contribution in [0.25, 0.3) is 0 Å². The zero-order valence-electron chi connectivity index (χ0n) is 11.8. The molecule has 0 aliphatic heterocycles. The Morgan fingerprint density at radius 1 is 1.42 bits per heavy atom. The molecule has 0 radical (unpaired) electrons. The minimum Gasteiger partial charge on any atom is -0.384 e. The lowest BCUT2D eigenvalue weighted by atomic mass is 10.0. The van der Waals surface area contributed by atoms with E-state index in [1.54, 1.807) is 6.07 Å². The Bertz CT molecular complexity index is 466. The third-order valence-corrected chi connectivity index (χ3v) is 3.88. The summed E-state index contributed by atoms with van der Waals surface area (Å²) in [6.07, 6.45) is 5.63. The van der Waals surface area contributed by atoms with Crippen molar-refractivity contribution in [2.45, 2.75) is 46.0 Å². The second-order valence-corrected chi connectivity index (χ2v) is 5.56. The molecule has 0 atom stereocenters. The zero-order chi connectivity index (χ0) is 13.9. The second kappa shape index (κ2) is 5.59. The minimum absolute atomic E-state index is 0.0359.